The molecule has 0 saturated heterocycles. The number of Topliss-reactive ketones (excluding diaryl/α,β-unsaturated/α-hetero) is 1. The number of benzene rings is 2. The van der Waals surface area contributed by atoms with Crippen molar-refractivity contribution in [1.29, 1.82) is 0 Å². The summed E-state index contributed by atoms with van der Waals surface area (Å²) in [5.74, 6) is 1.14. The van der Waals surface area contributed by atoms with Crippen LogP contribution in [0.15, 0.2) is 46.9 Å². The fourth-order valence-electron chi connectivity index (χ4n) is 2.82. The fraction of sp³-hybridized carbons (Fsp3) is 0.125. The third-order valence-electron chi connectivity index (χ3n) is 3.71. The summed E-state index contributed by atoms with van der Waals surface area (Å²) in [6.45, 7) is 0.703. The van der Waals surface area contributed by atoms with Crippen molar-refractivity contribution < 1.29 is 4.79 Å². The van der Waals surface area contributed by atoms with E-state index in [1.54, 1.807) is 0 Å². The Kier molecular flexibility index (Phi) is 2.54. The minimum Gasteiger partial charge on any atom is -0.323 e. The van der Waals surface area contributed by atoms with Crippen LogP contribution in [-0.2, 0) is 6.54 Å². The van der Waals surface area contributed by atoms with Crippen molar-refractivity contribution >= 4 is 32.7 Å². The van der Waals surface area contributed by atoms with Gasteiger partial charge in [-0.3, -0.25) is 4.79 Å². The molecular weight excluding hydrogens is 316 g/mol. The zero-order valence-corrected chi connectivity index (χ0v) is 12.2. The molecule has 0 fully saturated rings. The third-order valence-corrected chi connectivity index (χ3v) is 4.21. The second kappa shape index (κ2) is 4.28. The molecule has 0 spiro atoms. The van der Waals surface area contributed by atoms with Crippen LogP contribution in [-0.4, -0.2) is 15.3 Å². The first kappa shape index (κ1) is 11.9. The molecule has 2 heterocycles. The van der Waals surface area contributed by atoms with Gasteiger partial charge in [0.2, 0.25) is 0 Å². The lowest BCUT2D eigenvalue weighted by Gasteiger charge is -2.15. The number of hydrogen-bond acceptors (Lipinski definition) is 2. The Labute approximate surface area is 124 Å². The Morgan fingerprint density at radius 2 is 2.00 bits per heavy atom. The lowest BCUT2D eigenvalue weighted by Crippen LogP contribution is -2.14. The number of nitrogens with zero attached hydrogens (tertiary/aromatic N) is 2. The topological polar surface area (TPSA) is 34.9 Å². The van der Waals surface area contributed by atoms with E-state index in [1.165, 1.54) is 0 Å². The van der Waals surface area contributed by atoms with Crippen molar-refractivity contribution in [2.75, 3.05) is 0 Å². The van der Waals surface area contributed by atoms with Gasteiger partial charge in [-0.2, -0.15) is 0 Å². The molecule has 3 aromatic rings. The maximum absolute atomic E-state index is 12.0. The molecule has 1 aromatic heterocycles. The summed E-state index contributed by atoms with van der Waals surface area (Å²) >= 11 is 3.50. The predicted octanol–water partition coefficient (Wildman–Crippen LogP) is 4.05. The van der Waals surface area contributed by atoms with E-state index in [0.29, 0.717) is 13.0 Å². The zero-order valence-electron chi connectivity index (χ0n) is 10.6. The van der Waals surface area contributed by atoms with E-state index in [0.717, 1.165) is 32.5 Å². The highest BCUT2D eigenvalue weighted by molar-refractivity contribution is 9.10. The van der Waals surface area contributed by atoms with Gasteiger partial charge in [-0.25, -0.2) is 4.98 Å². The maximum atomic E-state index is 12.0. The summed E-state index contributed by atoms with van der Waals surface area (Å²) in [5.41, 5.74) is 3.72. The average Bonchev–Trinajstić information content (AvgIpc) is 2.83. The van der Waals surface area contributed by atoms with E-state index in [1.807, 2.05) is 36.4 Å². The highest BCUT2D eigenvalue weighted by atomic mass is 79.9. The number of aryl methyl sites for hydroxylation is 1. The van der Waals surface area contributed by atoms with Crippen LogP contribution in [0.4, 0.5) is 0 Å². The average molecular weight is 327 g/mol. The maximum Gasteiger partial charge on any atom is 0.166 e. The van der Waals surface area contributed by atoms with Gasteiger partial charge in [0.15, 0.2) is 5.78 Å². The second-order valence-electron chi connectivity index (χ2n) is 4.94. The molecule has 0 radical (unpaired) electrons. The van der Waals surface area contributed by atoms with E-state index in [2.05, 4.69) is 26.6 Å². The van der Waals surface area contributed by atoms with Gasteiger partial charge in [-0.1, -0.05) is 34.1 Å². The normalized spacial score (nSPS) is 13.9. The quantitative estimate of drug-likeness (QED) is 0.676. The Morgan fingerprint density at radius 1 is 1.15 bits per heavy atom. The zero-order chi connectivity index (χ0) is 13.7. The number of aromatic nitrogens is 2. The first-order valence-electron chi connectivity index (χ1n) is 6.52. The Morgan fingerprint density at radius 3 is 2.85 bits per heavy atom. The first-order chi connectivity index (χ1) is 9.74. The van der Waals surface area contributed by atoms with E-state index >= 15 is 0 Å². The van der Waals surface area contributed by atoms with Crippen LogP contribution >= 0.6 is 15.9 Å². The van der Waals surface area contributed by atoms with Crippen molar-refractivity contribution in [3.63, 3.8) is 0 Å². The standard InChI is InChI=1S/C16H11BrN2O/c17-11-4-1-3-10(9-11)16-18-13-6-2-5-12-14(20)7-8-19(16)15(12)13/h1-6,9H,7-8H2. The van der Waals surface area contributed by atoms with Crippen LogP contribution in [0, 0.1) is 0 Å². The molecule has 0 amide bonds. The van der Waals surface area contributed by atoms with Gasteiger partial charge >= 0.3 is 0 Å². The number of halogens is 1. The summed E-state index contributed by atoms with van der Waals surface area (Å²) in [5, 5.41) is 0. The molecule has 0 aliphatic carbocycles. The van der Waals surface area contributed by atoms with Gasteiger partial charge in [0.25, 0.3) is 0 Å². The van der Waals surface area contributed by atoms with Crippen LogP contribution in [0.25, 0.3) is 22.4 Å². The first-order valence-corrected chi connectivity index (χ1v) is 7.32. The van der Waals surface area contributed by atoms with Gasteiger partial charge in [-0.15, -0.1) is 0 Å². The number of para-hydroxylation sites is 1. The number of carbonyl (C=O) groups is 1. The highest BCUT2D eigenvalue weighted by Crippen LogP contribution is 2.31. The molecular formula is C16H11BrN2O. The van der Waals surface area contributed by atoms with Crippen molar-refractivity contribution in [1.82, 2.24) is 9.55 Å². The van der Waals surface area contributed by atoms with Crippen molar-refractivity contribution in [3.8, 4) is 11.4 Å². The number of imidazole rings is 1. The van der Waals surface area contributed by atoms with Crippen molar-refractivity contribution in [3.05, 3.63) is 52.5 Å². The molecule has 20 heavy (non-hydrogen) atoms. The molecule has 0 atom stereocenters. The Balaban J connectivity index is 2.06. The van der Waals surface area contributed by atoms with Crippen LogP contribution in [0.3, 0.4) is 0 Å². The number of carbonyl (C=O) groups excluding carboxylic acids is 1. The van der Waals surface area contributed by atoms with Crippen LogP contribution < -0.4 is 0 Å². The van der Waals surface area contributed by atoms with E-state index in [-0.39, 0.29) is 5.78 Å². The number of rotatable bonds is 1. The molecule has 4 heteroatoms. The Bertz CT molecular complexity index is 851. The lowest BCUT2D eigenvalue weighted by atomic mass is 10.0. The summed E-state index contributed by atoms with van der Waals surface area (Å²) in [4.78, 5) is 16.7. The van der Waals surface area contributed by atoms with Crippen LogP contribution in [0.1, 0.15) is 16.8 Å². The van der Waals surface area contributed by atoms with Crippen LogP contribution in [0.2, 0.25) is 0 Å². The van der Waals surface area contributed by atoms with Crippen molar-refractivity contribution in [2.24, 2.45) is 0 Å². The number of ketones is 1. The molecule has 1 aliphatic rings. The molecule has 4 rings (SSSR count). The summed E-state index contributed by atoms with van der Waals surface area (Å²) < 4.78 is 3.19. The minimum atomic E-state index is 0.212. The van der Waals surface area contributed by atoms with Crippen LogP contribution in [0.5, 0.6) is 0 Å². The van der Waals surface area contributed by atoms with Gasteiger partial charge in [0.1, 0.15) is 5.82 Å². The molecule has 1 aliphatic heterocycles. The van der Waals surface area contributed by atoms with E-state index in [9.17, 15) is 4.79 Å². The SMILES string of the molecule is O=C1CCn2c(-c3cccc(Br)c3)nc3cccc1c32. The Hall–Kier alpha value is -1.94. The van der Waals surface area contributed by atoms with Gasteiger partial charge < -0.3 is 4.57 Å². The summed E-state index contributed by atoms with van der Waals surface area (Å²) in [6.07, 6.45) is 0.545. The van der Waals surface area contributed by atoms with Gasteiger partial charge in [0, 0.05) is 28.6 Å². The monoisotopic (exact) mass is 326 g/mol. The largest absolute Gasteiger partial charge is 0.323 e. The molecule has 0 bridgehead atoms. The minimum absolute atomic E-state index is 0.212. The van der Waals surface area contributed by atoms with Gasteiger partial charge in [0.05, 0.1) is 11.0 Å². The van der Waals surface area contributed by atoms with Gasteiger partial charge in [-0.05, 0) is 24.3 Å². The predicted molar refractivity (Wildman–Crippen MR) is 81.8 cm³/mol. The fourth-order valence-corrected chi connectivity index (χ4v) is 3.22. The molecule has 3 nitrogen and oxygen atoms in total. The summed E-state index contributed by atoms with van der Waals surface area (Å²) in [7, 11) is 0. The molecule has 2 aromatic carbocycles. The molecule has 0 saturated carbocycles. The molecule has 0 unspecified atom stereocenters. The lowest BCUT2D eigenvalue weighted by molar-refractivity contribution is 0.0973. The number of hydrogen-bond donors (Lipinski definition) is 0. The third kappa shape index (κ3) is 1.64. The smallest absolute Gasteiger partial charge is 0.166 e. The molecule has 0 N–H and O–H groups in total. The van der Waals surface area contributed by atoms with E-state index in [4.69, 9.17) is 4.98 Å². The summed E-state index contributed by atoms with van der Waals surface area (Å²) in [6, 6.07) is 13.9. The van der Waals surface area contributed by atoms with E-state index < -0.39 is 0 Å². The highest BCUT2D eigenvalue weighted by Gasteiger charge is 2.23. The second-order valence-corrected chi connectivity index (χ2v) is 5.86. The van der Waals surface area contributed by atoms with Crippen molar-refractivity contribution in [2.45, 2.75) is 13.0 Å². The molecule has 98 valence electrons.